The Labute approximate surface area is 152 Å². The summed E-state index contributed by atoms with van der Waals surface area (Å²) in [4.78, 5) is 26.0. The van der Waals surface area contributed by atoms with Crippen molar-refractivity contribution in [3.63, 3.8) is 0 Å². The lowest BCUT2D eigenvalue weighted by Crippen LogP contribution is -3.27. The summed E-state index contributed by atoms with van der Waals surface area (Å²) < 4.78 is 11.2. The average molecular weight is 362 g/mol. The van der Waals surface area contributed by atoms with Crippen LogP contribution in [-0.2, 0) is 13.1 Å². The quantitative estimate of drug-likeness (QED) is 0.482. The van der Waals surface area contributed by atoms with E-state index in [2.05, 4.69) is 10.6 Å². The molecule has 3 heterocycles. The molecular formula is C18H26N4O4+2. The monoisotopic (exact) mass is 362 g/mol. The summed E-state index contributed by atoms with van der Waals surface area (Å²) in [6.45, 7) is 5.66. The molecule has 0 unspecified atom stereocenters. The number of carbonyl (C=O) groups excluding carboxylic acids is 2. The highest BCUT2D eigenvalue weighted by Crippen LogP contribution is 2.07. The Bertz CT molecular complexity index is 695. The van der Waals surface area contributed by atoms with E-state index in [1.54, 1.807) is 26.2 Å². The van der Waals surface area contributed by atoms with Gasteiger partial charge < -0.3 is 29.3 Å². The predicted octanol–water partition coefficient (Wildman–Crippen LogP) is -1.92. The standard InChI is InChI=1S/C18H24N4O4/c1-19-17(23)15-5-3-13(25-15)11-21-7-9-22(10-8-21)12-14-4-6-16(26-14)18(24)20-2/h3-6H,7-12H2,1-2H3,(H,19,23)(H,20,24)/p+2. The van der Waals surface area contributed by atoms with Crippen LogP contribution in [0.4, 0.5) is 0 Å². The van der Waals surface area contributed by atoms with E-state index in [4.69, 9.17) is 8.83 Å². The highest BCUT2D eigenvalue weighted by Gasteiger charge is 2.25. The Balaban J connectivity index is 1.47. The van der Waals surface area contributed by atoms with Crippen LogP contribution in [0.1, 0.15) is 32.6 Å². The molecule has 2 aromatic heterocycles. The minimum atomic E-state index is -0.199. The van der Waals surface area contributed by atoms with Gasteiger partial charge in [0.1, 0.15) is 39.3 Å². The first-order chi connectivity index (χ1) is 12.6. The third kappa shape index (κ3) is 4.33. The molecule has 2 amide bonds. The van der Waals surface area contributed by atoms with Gasteiger partial charge in [0, 0.05) is 14.1 Å². The van der Waals surface area contributed by atoms with Gasteiger partial charge in [-0.25, -0.2) is 0 Å². The number of furan rings is 2. The summed E-state index contributed by atoms with van der Waals surface area (Å²) in [5.41, 5.74) is 0. The van der Waals surface area contributed by atoms with Gasteiger partial charge in [-0.2, -0.15) is 0 Å². The van der Waals surface area contributed by atoms with Gasteiger partial charge in [-0.1, -0.05) is 0 Å². The van der Waals surface area contributed by atoms with Crippen molar-refractivity contribution >= 4 is 11.8 Å². The molecule has 0 radical (unpaired) electrons. The summed E-state index contributed by atoms with van der Waals surface area (Å²) in [6.07, 6.45) is 0. The fourth-order valence-corrected chi connectivity index (χ4v) is 3.24. The van der Waals surface area contributed by atoms with E-state index in [0.717, 1.165) is 50.8 Å². The molecule has 3 rings (SSSR count). The van der Waals surface area contributed by atoms with Crippen LogP contribution in [0.15, 0.2) is 33.1 Å². The lowest BCUT2D eigenvalue weighted by molar-refractivity contribution is -1.03. The van der Waals surface area contributed by atoms with Crippen molar-refractivity contribution in [1.29, 1.82) is 0 Å². The first-order valence-corrected chi connectivity index (χ1v) is 8.87. The van der Waals surface area contributed by atoms with Crippen LogP contribution >= 0.6 is 0 Å². The zero-order valence-corrected chi connectivity index (χ0v) is 15.2. The fraction of sp³-hybridized carbons (Fsp3) is 0.444. The number of amides is 2. The summed E-state index contributed by atoms with van der Waals surface area (Å²) in [5, 5.41) is 5.13. The molecule has 1 aliphatic heterocycles. The molecule has 4 N–H and O–H groups in total. The molecule has 8 nitrogen and oxygen atoms in total. The van der Waals surface area contributed by atoms with E-state index in [0.29, 0.717) is 11.5 Å². The minimum Gasteiger partial charge on any atom is -0.450 e. The summed E-state index contributed by atoms with van der Waals surface area (Å²) >= 11 is 0. The zero-order valence-electron chi connectivity index (χ0n) is 15.2. The maximum atomic E-state index is 11.5. The normalized spacial score (nSPS) is 19.9. The molecular weight excluding hydrogens is 336 g/mol. The molecule has 1 saturated heterocycles. The molecule has 0 aromatic carbocycles. The minimum absolute atomic E-state index is 0.199. The maximum absolute atomic E-state index is 11.5. The van der Waals surface area contributed by atoms with Gasteiger partial charge in [-0.3, -0.25) is 9.59 Å². The van der Waals surface area contributed by atoms with Crippen molar-refractivity contribution in [2.45, 2.75) is 13.1 Å². The highest BCUT2D eigenvalue weighted by atomic mass is 16.4. The molecule has 0 saturated carbocycles. The van der Waals surface area contributed by atoms with E-state index in [9.17, 15) is 9.59 Å². The number of carbonyl (C=O) groups is 2. The van der Waals surface area contributed by atoms with E-state index < -0.39 is 0 Å². The van der Waals surface area contributed by atoms with Crippen molar-refractivity contribution in [3.05, 3.63) is 47.3 Å². The molecule has 0 spiro atoms. The van der Waals surface area contributed by atoms with Gasteiger partial charge in [-0.15, -0.1) is 0 Å². The second-order valence-corrected chi connectivity index (χ2v) is 6.54. The number of hydrogen-bond donors (Lipinski definition) is 4. The summed E-state index contributed by atoms with van der Waals surface area (Å²) in [6, 6.07) is 7.19. The van der Waals surface area contributed by atoms with E-state index in [1.807, 2.05) is 12.1 Å². The summed E-state index contributed by atoms with van der Waals surface area (Å²) in [7, 11) is 3.18. The molecule has 0 aliphatic carbocycles. The van der Waals surface area contributed by atoms with Crippen LogP contribution in [0.25, 0.3) is 0 Å². The zero-order chi connectivity index (χ0) is 18.5. The first-order valence-electron chi connectivity index (χ1n) is 8.87. The van der Waals surface area contributed by atoms with Gasteiger partial charge in [0.15, 0.2) is 23.0 Å². The van der Waals surface area contributed by atoms with Crippen molar-refractivity contribution in [2.24, 2.45) is 0 Å². The van der Waals surface area contributed by atoms with Gasteiger partial charge >= 0.3 is 0 Å². The van der Waals surface area contributed by atoms with Crippen molar-refractivity contribution in [2.75, 3.05) is 40.3 Å². The van der Waals surface area contributed by atoms with Crippen LogP contribution in [0.2, 0.25) is 0 Å². The second kappa shape index (κ2) is 8.20. The van der Waals surface area contributed by atoms with Crippen LogP contribution in [-0.4, -0.2) is 52.1 Å². The highest BCUT2D eigenvalue weighted by molar-refractivity contribution is 5.91. The largest absolute Gasteiger partial charge is 0.450 e. The Kier molecular flexibility index (Phi) is 5.75. The third-order valence-corrected chi connectivity index (χ3v) is 4.74. The maximum Gasteiger partial charge on any atom is 0.286 e. The number of quaternary nitrogens is 2. The topological polar surface area (TPSA) is 93.4 Å². The average Bonchev–Trinajstić information content (AvgIpc) is 3.32. The summed E-state index contributed by atoms with van der Waals surface area (Å²) in [5.74, 6) is 1.99. The van der Waals surface area contributed by atoms with Gasteiger partial charge in [0.25, 0.3) is 11.8 Å². The Morgan fingerprint density at radius 1 is 0.808 bits per heavy atom. The van der Waals surface area contributed by atoms with Gasteiger partial charge in [0.05, 0.1) is 0 Å². The van der Waals surface area contributed by atoms with Crippen LogP contribution < -0.4 is 20.4 Å². The predicted molar refractivity (Wildman–Crippen MR) is 93.0 cm³/mol. The lowest BCUT2D eigenvalue weighted by Gasteiger charge is -2.28. The lowest BCUT2D eigenvalue weighted by atomic mass is 10.3. The number of nitrogens with one attached hydrogen (secondary N) is 4. The SMILES string of the molecule is CNC(=O)c1ccc(C[NH+]2CC[NH+](Cc3ccc(C(=O)NC)o3)CC2)o1. The Hall–Kier alpha value is -2.58. The van der Waals surface area contributed by atoms with E-state index in [1.165, 1.54) is 9.80 Å². The molecule has 1 fully saturated rings. The molecule has 0 atom stereocenters. The van der Waals surface area contributed by atoms with Gasteiger partial charge in [0.2, 0.25) is 0 Å². The first kappa shape index (κ1) is 18.2. The molecule has 8 heteroatoms. The van der Waals surface area contributed by atoms with Crippen LogP contribution in [0, 0.1) is 0 Å². The smallest absolute Gasteiger partial charge is 0.286 e. The van der Waals surface area contributed by atoms with Crippen LogP contribution in [0.5, 0.6) is 0 Å². The second-order valence-electron chi connectivity index (χ2n) is 6.54. The van der Waals surface area contributed by atoms with Gasteiger partial charge in [-0.05, 0) is 24.3 Å². The fourth-order valence-electron chi connectivity index (χ4n) is 3.24. The number of hydrogen-bond acceptors (Lipinski definition) is 4. The molecule has 0 bridgehead atoms. The van der Waals surface area contributed by atoms with E-state index in [-0.39, 0.29) is 11.8 Å². The Morgan fingerprint density at radius 3 is 1.54 bits per heavy atom. The van der Waals surface area contributed by atoms with Crippen molar-refractivity contribution in [1.82, 2.24) is 10.6 Å². The molecule has 1 aliphatic rings. The Morgan fingerprint density at radius 2 is 1.19 bits per heavy atom. The molecule has 140 valence electrons. The van der Waals surface area contributed by atoms with Crippen molar-refractivity contribution < 1.29 is 28.2 Å². The number of rotatable bonds is 6. The van der Waals surface area contributed by atoms with Crippen molar-refractivity contribution in [3.8, 4) is 0 Å². The number of piperazine rings is 1. The molecule has 26 heavy (non-hydrogen) atoms. The van der Waals surface area contributed by atoms with E-state index >= 15 is 0 Å². The molecule has 2 aromatic rings. The van der Waals surface area contributed by atoms with Crippen LogP contribution in [0.3, 0.4) is 0 Å². The third-order valence-electron chi connectivity index (χ3n) is 4.74.